The predicted octanol–water partition coefficient (Wildman–Crippen LogP) is 5.05. The molecule has 106 valence electrons. The Hall–Kier alpha value is -0.900. The number of hydrogen-bond acceptors (Lipinski definition) is 1. The number of likely N-dealkylation sites (N-methyl/N-ethyl adjacent to an activating group) is 1. The van der Waals surface area contributed by atoms with Crippen molar-refractivity contribution in [3.8, 4) is 0 Å². The van der Waals surface area contributed by atoms with E-state index in [-0.39, 0.29) is 11.9 Å². The molecule has 0 amide bonds. The predicted molar refractivity (Wildman–Crippen MR) is 85.8 cm³/mol. The van der Waals surface area contributed by atoms with Crippen LogP contribution in [0.5, 0.6) is 0 Å². The Balaban J connectivity index is 2.37. The molecule has 1 unspecified atom stereocenters. The third-order valence-electron chi connectivity index (χ3n) is 3.42. The first kappa shape index (κ1) is 15.5. The normalized spacial score (nSPS) is 12.4. The zero-order valence-electron chi connectivity index (χ0n) is 11.4. The SMILES string of the molecule is CNC(Cc1c(F)cccc1Cl)c1cccc(C)c1Br. The van der Waals surface area contributed by atoms with Gasteiger partial charge in [-0.3, -0.25) is 0 Å². The highest BCUT2D eigenvalue weighted by atomic mass is 79.9. The van der Waals surface area contributed by atoms with E-state index in [1.165, 1.54) is 6.07 Å². The third-order valence-corrected chi connectivity index (χ3v) is 4.85. The van der Waals surface area contributed by atoms with Gasteiger partial charge in [0.25, 0.3) is 0 Å². The molecule has 1 atom stereocenters. The second kappa shape index (κ2) is 6.70. The molecule has 0 bridgehead atoms. The summed E-state index contributed by atoms with van der Waals surface area (Å²) in [6, 6.07) is 10.9. The molecular formula is C16H16BrClFN. The molecule has 0 aromatic heterocycles. The van der Waals surface area contributed by atoms with E-state index in [1.54, 1.807) is 12.1 Å². The van der Waals surface area contributed by atoms with Crippen molar-refractivity contribution < 1.29 is 4.39 Å². The van der Waals surface area contributed by atoms with E-state index in [9.17, 15) is 4.39 Å². The van der Waals surface area contributed by atoms with E-state index in [0.717, 1.165) is 15.6 Å². The van der Waals surface area contributed by atoms with E-state index in [0.29, 0.717) is 17.0 Å². The molecule has 0 radical (unpaired) electrons. The fourth-order valence-corrected chi connectivity index (χ4v) is 3.02. The van der Waals surface area contributed by atoms with Crippen molar-refractivity contribution in [2.75, 3.05) is 7.05 Å². The maximum atomic E-state index is 13.9. The quantitative estimate of drug-likeness (QED) is 0.808. The van der Waals surface area contributed by atoms with Gasteiger partial charge in [-0.25, -0.2) is 4.39 Å². The minimum atomic E-state index is -0.262. The van der Waals surface area contributed by atoms with Gasteiger partial charge in [0.05, 0.1) is 0 Å². The standard InChI is InChI=1S/C16H16BrClFN/c1-10-5-3-6-11(16(10)17)15(20-2)9-12-13(18)7-4-8-14(12)19/h3-8,15,20H,9H2,1-2H3. The lowest BCUT2D eigenvalue weighted by atomic mass is 9.97. The Bertz CT molecular complexity index is 595. The van der Waals surface area contributed by atoms with Crippen LogP contribution in [-0.2, 0) is 6.42 Å². The molecule has 0 aliphatic carbocycles. The fourth-order valence-electron chi connectivity index (χ4n) is 2.24. The van der Waals surface area contributed by atoms with E-state index in [1.807, 2.05) is 32.2 Å². The van der Waals surface area contributed by atoms with Gasteiger partial charge in [-0.05, 0) is 43.7 Å². The number of hydrogen-bond donors (Lipinski definition) is 1. The van der Waals surface area contributed by atoms with Crippen LogP contribution in [0.4, 0.5) is 4.39 Å². The maximum Gasteiger partial charge on any atom is 0.127 e. The lowest BCUT2D eigenvalue weighted by Crippen LogP contribution is -2.20. The van der Waals surface area contributed by atoms with Crippen LogP contribution in [0.1, 0.15) is 22.7 Å². The van der Waals surface area contributed by atoms with Crippen LogP contribution in [0.3, 0.4) is 0 Å². The van der Waals surface area contributed by atoms with Gasteiger partial charge in [-0.15, -0.1) is 0 Å². The molecule has 1 nitrogen and oxygen atoms in total. The average molecular weight is 357 g/mol. The van der Waals surface area contributed by atoms with Gasteiger partial charge in [0.15, 0.2) is 0 Å². The Kier molecular flexibility index (Phi) is 5.19. The third kappa shape index (κ3) is 3.22. The molecule has 2 rings (SSSR count). The summed E-state index contributed by atoms with van der Waals surface area (Å²) in [5, 5.41) is 3.70. The summed E-state index contributed by atoms with van der Waals surface area (Å²) >= 11 is 9.71. The Morgan fingerprint density at radius 1 is 1.25 bits per heavy atom. The minimum absolute atomic E-state index is 0.00123. The summed E-state index contributed by atoms with van der Waals surface area (Å²) < 4.78 is 15.0. The van der Waals surface area contributed by atoms with Gasteiger partial charge >= 0.3 is 0 Å². The van der Waals surface area contributed by atoms with Crippen molar-refractivity contribution in [1.82, 2.24) is 5.32 Å². The van der Waals surface area contributed by atoms with E-state index < -0.39 is 0 Å². The van der Waals surface area contributed by atoms with Crippen LogP contribution in [0.25, 0.3) is 0 Å². The Morgan fingerprint density at radius 2 is 1.95 bits per heavy atom. The van der Waals surface area contributed by atoms with Crippen molar-refractivity contribution in [3.63, 3.8) is 0 Å². The first-order valence-corrected chi connectivity index (χ1v) is 7.57. The monoisotopic (exact) mass is 355 g/mol. The van der Waals surface area contributed by atoms with E-state index in [2.05, 4.69) is 21.2 Å². The summed E-state index contributed by atoms with van der Waals surface area (Å²) in [5.74, 6) is -0.262. The van der Waals surface area contributed by atoms with Crippen molar-refractivity contribution in [2.24, 2.45) is 0 Å². The van der Waals surface area contributed by atoms with Crippen LogP contribution < -0.4 is 5.32 Å². The lowest BCUT2D eigenvalue weighted by molar-refractivity contribution is 0.553. The van der Waals surface area contributed by atoms with Crippen LogP contribution in [-0.4, -0.2) is 7.05 Å². The lowest BCUT2D eigenvalue weighted by Gasteiger charge is -2.20. The summed E-state index contributed by atoms with van der Waals surface area (Å²) in [4.78, 5) is 0. The van der Waals surface area contributed by atoms with Crippen LogP contribution in [0, 0.1) is 12.7 Å². The number of halogens is 3. The molecule has 0 heterocycles. The first-order chi connectivity index (χ1) is 9.54. The summed E-state index contributed by atoms with van der Waals surface area (Å²) in [6.07, 6.45) is 0.504. The van der Waals surface area contributed by atoms with Gasteiger partial charge in [-0.1, -0.05) is 51.8 Å². The second-order valence-corrected chi connectivity index (χ2v) is 5.92. The minimum Gasteiger partial charge on any atom is -0.313 e. The molecule has 4 heteroatoms. The molecular weight excluding hydrogens is 341 g/mol. The van der Waals surface area contributed by atoms with Crippen molar-refractivity contribution >= 4 is 27.5 Å². The number of rotatable bonds is 4. The summed E-state index contributed by atoms with van der Waals surface area (Å²) in [7, 11) is 1.87. The molecule has 2 aromatic carbocycles. The van der Waals surface area contributed by atoms with Crippen molar-refractivity contribution in [2.45, 2.75) is 19.4 Å². The number of aryl methyl sites for hydroxylation is 1. The second-order valence-electron chi connectivity index (χ2n) is 4.72. The van der Waals surface area contributed by atoms with Gasteiger partial charge in [0.2, 0.25) is 0 Å². The molecule has 2 aromatic rings. The van der Waals surface area contributed by atoms with Gasteiger partial charge in [0.1, 0.15) is 5.82 Å². The van der Waals surface area contributed by atoms with Gasteiger partial charge < -0.3 is 5.32 Å². The number of benzene rings is 2. The maximum absolute atomic E-state index is 13.9. The fraction of sp³-hybridized carbons (Fsp3) is 0.250. The van der Waals surface area contributed by atoms with Crippen LogP contribution >= 0.6 is 27.5 Å². The summed E-state index contributed by atoms with van der Waals surface area (Å²) in [6.45, 7) is 2.04. The van der Waals surface area contributed by atoms with Gasteiger partial charge in [-0.2, -0.15) is 0 Å². The van der Waals surface area contributed by atoms with E-state index in [4.69, 9.17) is 11.6 Å². The molecule has 0 spiro atoms. The molecule has 1 N–H and O–H groups in total. The highest BCUT2D eigenvalue weighted by Gasteiger charge is 2.18. The molecule has 0 saturated heterocycles. The zero-order valence-corrected chi connectivity index (χ0v) is 13.7. The molecule has 0 saturated carbocycles. The van der Waals surface area contributed by atoms with Crippen molar-refractivity contribution in [1.29, 1.82) is 0 Å². The molecule has 0 aliphatic heterocycles. The topological polar surface area (TPSA) is 12.0 Å². The van der Waals surface area contributed by atoms with Gasteiger partial charge in [0, 0.05) is 21.1 Å². The average Bonchev–Trinajstić information content (AvgIpc) is 2.42. The zero-order chi connectivity index (χ0) is 14.7. The first-order valence-electron chi connectivity index (χ1n) is 6.39. The molecule has 20 heavy (non-hydrogen) atoms. The smallest absolute Gasteiger partial charge is 0.127 e. The van der Waals surface area contributed by atoms with E-state index >= 15 is 0 Å². The van der Waals surface area contributed by atoms with Crippen LogP contribution in [0.15, 0.2) is 40.9 Å². The van der Waals surface area contributed by atoms with Crippen molar-refractivity contribution in [3.05, 3.63) is 68.4 Å². The molecule has 0 fully saturated rings. The largest absolute Gasteiger partial charge is 0.313 e. The number of nitrogens with one attached hydrogen (secondary N) is 1. The Labute approximate surface area is 132 Å². The molecule has 0 aliphatic rings. The highest BCUT2D eigenvalue weighted by Crippen LogP contribution is 2.31. The summed E-state index contributed by atoms with van der Waals surface area (Å²) in [5.41, 5.74) is 2.80. The Morgan fingerprint density at radius 3 is 2.60 bits per heavy atom. The van der Waals surface area contributed by atoms with Crippen LogP contribution in [0.2, 0.25) is 5.02 Å². The highest BCUT2D eigenvalue weighted by molar-refractivity contribution is 9.10.